The Kier molecular flexibility index (Phi) is 8.66. The first-order valence-corrected chi connectivity index (χ1v) is 6.37. The fourth-order valence-electron chi connectivity index (χ4n) is 1.50. The zero-order chi connectivity index (χ0) is 14.0. The van der Waals surface area contributed by atoms with Gasteiger partial charge in [0.25, 0.3) is 0 Å². The first-order chi connectivity index (χ1) is 8.75. The van der Waals surface area contributed by atoms with E-state index in [1.807, 2.05) is 39.8 Å². The predicted octanol–water partition coefficient (Wildman–Crippen LogP) is 3.01. The third-order valence-electron chi connectivity index (χ3n) is 2.34. The van der Waals surface area contributed by atoms with Crippen LogP contribution < -0.4 is 5.73 Å². The number of hydrogen-bond donors (Lipinski definition) is 2. The Morgan fingerprint density at radius 2 is 1.83 bits per heavy atom. The number of hydrogen-bond acceptors (Lipinski definition) is 3. The average molecular weight is 251 g/mol. The molecule has 0 unspecified atom stereocenters. The molecule has 2 aromatic heterocycles. The van der Waals surface area contributed by atoms with Crippen LogP contribution in [-0.2, 0) is 12.8 Å². The van der Waals surface area contributed by atoms with Gasteiger partial charge in [-0.2, -0.15) is 0 Å². The van der Waals surface area contributed by atoms with Gasteiger partial charge < -0.3 is 15.1 Å². The first kappa shape index (κ1) is 16.4. The van der Waals surface area contributed by atoms with Crippen molar-refractivity contribution in [3.63, 3.8) is 0 Å². The van der Waals surface area contributed by atoms with Crippen LogP contribution in [0.5, 0.6) is 0 Å². The van der Waals surface area contributed by atoms with Gasteiger partial charge in [0.15, 0.2) is 0 Å². The van der Waals surface area contributed by atoms with Gasteiger partial charge in [0.05, 0.1) is 12.0 Å². The molecule has 102 valence electrons. The first-order valence-electron chi connectivity index (χ1n) is 6.37. The SMILES string of the molecule is CC.CN.Cc1ccc(CCc2nc[nH]c2C)o1. The monoisotopic (exact) mass is 251 g/mol. The summed E-state index contributed by atoms with van der Waals surface area (Å²) in [6.45, 7) is 8.00. The lowest BCUT2D eigenvalue weighted by atomic mass is 10.2. The maximum atomic E-state index is 5.48. The summed E-state index contributed by atoms with van der Waals surface area (Å²) in [5.74, 6) is 2.00. The second-order valence-electron chi connectivity index (χ2n) is 3.49. The van der Waals surface area contributed by atoms with E-state index in [9.17, 15) is 0 Å². The van der Waals surface area contributed by atoms with Crippen molar-refractivity contribution in [2.75, 3.05) is 7.05 Å². The highest BCUT2D eigenvalue weighted by atomic mass is 16.3. The van der Waals surface area contributed by atoms with E-state index in [1.54, 1.807) is 6.33 Å². The maximum absolute atomic E-state index is 5.48. The van der Waals surface area contributed by atoms with Crippen LogP contribution in [0.3, 0.4) is 0 Å². The van der Waals surface area contributed by atoms with Crippen LogP contribution in [0.1, 0.15) is 36.8 Å². The molecule has 0 aliphatic heterocycles. The van der Waals surface area contributed by atoms with E-state index < -0.39 is 0 Å². The number of rotatable bonds is 3. The molecule has 3 N–H and O–H groups in total. The van der Waals surface area contributed by atoms with E-state index in [1.165, 1.54) is 7.05 Å². The Bertz CT molecular complexity index is 418. The summed E-state index contributed by atoms with van der Waals surface area (Å²) >= 11 is 0. The normalized spacial score (nSPS) is 9.00. The molecule has 0 amide bonds. The van der Waals surface area contributed by atoms with Gasteiger partial charge in [0.1, 0.15) is 11.5 Å². The quantitative estimate of drug-likeness (QED) is 0.881. The smallest absolute Gasteiger partial charge is 0.104 e. The molecule has 2 heterocycles. The molecule has 0 saturated carbocycles. The van der Waals surface area contributed by atoms with Crippen molar-refractivity contribution in [1.82, 2.24) is 9.97 Å². The van der Waals surface area contributed by atoms with Crippen LogP contribution in [0.4, 0.5) is 0 Å². The third-order valence-corrected chi connectivity index (χ3v) is 2.34. The number of aryl methyl sites for hydroxylation is 4. The second-order valence-corrected chi connectivity index (χ2v) is 3.49. The van der Waals surface area contributed by atoms with E-state index in [2.05, 4.69) is 15.7 Å². The van der Waals surface area contributed by atoms with Crippen LogP contribution in [0.2, 0.25) is 0 Å². The van der Waals surface area contributed by atoms with Crippen molar-refractivity contribution in [2.45, 2.75) is 40.5 Å². The lowest BCUT2D eigenvalue weighted by molar-refractivity contribution is 0.481. The molecule has 4 nitrogen and oxygen atoms in total. The van der Waals surface area contributed by atoms with Crippen LogP contribution in [0, 0.1) is 13.8 Å². The Hall–Kier alpha value is -1.55. The fourth-order valence-corrected chi connectivity index (χ4v) is 1.50. The zero-order valence-electron chi connectivity index (χ0n) is 12.1. The molecular weight excluding hydrogens is 226 g/mol. The topological polar surface area (TPSA) is 67.8 Å². The minimum Gasteiger partial charge on any atom is -0.466 e. The molecular formula is C14H25N3O. The molecule has 0 aromatic carbocycles. The zero-order valence-corrected chi connectivity index (χ0v) is 12.1. The second kappa shape index (κ2) is 9.48. The molecule has 2 rings (SSSR count). The lowest BCUT2D eigenvalue weighted by Crippen LogP contribution is -1.92. The van der Waals surface area contributed by atoms with Crippen LogP contribution in [0.25, 0.3) is 0 Å². The molecule has 0 aliphatic rings. The van der Waals surface area contributed by atoms with Crippen LogP contribution >= 0.6 is 0 Å². The van der Waals surface area contributed by atoms with Crippen molar-refractivity contribution in [2.24, 2.45) is 5.73 Å². The molecule has 0 bridgehead atoms. The van der Waals surface area contributed by atoms with Crippen LogP contribution in [0.15, 0.2) is 22.9 Å². The van der Waals surface area contributed by atoms with Gasteiger partial charge in [0.2, 0.25) is 0 Å². The number of aromatic nitrogens is 2. The molecule has 2 aromatic rings. The summed E-state index contributed by atoms with van der Waals surface area (Å²) in [7, 11) is 1.50. The Morgan fingerprint density at radius 3 is 2.28 bits per heavy atom. The van der Waals surface area contributed by atoms with E-state index >= 15 is 0 Å². The Labute approximate surface area is 110 Å². The van der Waals surface area contributed by atoms with Crippen LogP contribution in [-0.4, -0.2) is 17.0 Å². The number of nitrogens with two attached hydrogens (primary N) is 1. The molecule has 0 spiro atoms. The fraction of sp³-hybridized carbons (Fsp3) is 0.500. The Balaban J connectivity index is 0.000000659. The highest BCUT2D eigenvalue weighted by Crippen LogP contribution is 2.10. The number of aromatic amines is 1. The Morgan fingerprint density at radius 1 is 1.17 bits per heavy atom. The van der Waals surface area contributed by atoms with Gasteiger partial charge in [-0.05, 0) is 39.4 Å². The summed E-state index contributed by atoms with van der Waals surface area (Å²) in [6.07, 6.45) is 3.58. The van der Waals surface area contributed by atoms with E-state index in [0.29, 0.717) is 0 Å². The van der Waals surface area contributed by atoms with E-state index in [-0.39, 0.29) is 0 Å². The summed E-state index contributed by atoms with van der Waals surface area (Å²) in [5.41, 5.74) is 6.77. The van der Waals surface area contributed by atoms with Crippen molar-refractivity contribution in [1.29, 1.82) is 0 Å². The number of H-pyrrole nitrogens is 1. The lowest BCUT2D eigenvalue weighted by Gasteiger charge is -1.96. The van der Waals surface area contributed by atoms with Crippen molar-refractivity contribution in [3.8, 4) is 0 Å². The maximum Gasteiger partial charge on any atom is 0.104 e. The molecule has 0 saturated heterocycles. The standard InChI is InChI=1S/C11H14N2O.C2H6.CH5N/c1-8-3-4-10(14-8)5-6-11-9(2)12-7-13-11;2*1-2/h3-4,7H,5-6H2,1-2H3,(H,12,13);1-2H3;2H2,1H3. The molecule has 0 radical (unpaired) electrons. The number of furan rings is 1. The van der Waals surface area contributed by atoms with Crippen molar-refractivity contribution >= 4 is 0 Å². The molecule has 0 fully saturated rings. The van der Waals surface area contributed by atoms with Crippen molar-refractivity contribution in [3.05, 3.63) is 41.4 Å². The van der Waals surface area contributed by atoms with Crippen molar-refractivity contribution < 1.29 is 4.42 Å². The minimum atomic E-state index is 0.916. The summed E-state index contributed by atoms with van der Waals surface area (Å²) in [6, 6.07) is 4.02. The highest BCUT2D eigenvalue weighted by Gasteiger charge is 2.03. The molecule has 4 heteroatoms. The number of nitrogens with zero attached hydrogens (tertiary/aromatic N) is 1. The summed E-state index contributed by atoms with van der Waals surface area (Å²) in [4.78, 5) is 7.31. The van der Waals surface area contributed by atoms with Gasteiger partial charge in [-0.25, -0.2) is 4.98 Å². The molecule has 18 heavy (non-hydrogen) atoms. The van der Waals surface area contributed by atoms with Gasteiger partial charge in [-0.3, -0.25) is 0 Å². The summed E-state index contributed by atoms with van der Waals surface area (Å²) < 4.78 is 5.48. The van der Waals surface area contributed by atoms with Gasteiger partial charge >= 0.3 is 0 Å². The van der Waals surface area contributed by atoms with Gasteiger partial charge in [-0.15, -0.1) is 0 Å². The highest BCUT2D eigenvalue weighted by molar-refractivity contribution is 5.12. The largest absolute Gasteiger partial charge is 0.466 e. The molecule has 0 atom stereocenters. The number of nitrogens with one attached hydrogen (secondary N) is 1. The predicted molar refractivity (Wildman–Crippen MR) is 75.6 cm³/mol. The third kappa shape index (κ3) is 5.19. The molecule has 0 aliphatic carbocycles. The van der Waals surface area contributed by atoms with E-state index in [0.717, 1.165) is 35.7 Å². The van der Waals surface area contributed by atoms with Gasteiger partial charge in [-0.1, -0.05) is 13.8 Å². The number of imidazole rings is 1. The minimum absolute atomic E-state index is 0.916. The average Bonchev–Trinajstić information content (AvgIpc) is 3.01. The van der Waals surface area contributed by atoms with E-state index in [4.69, 9.17) is 4.42 Å². The summed E-state index contributed by atoms with van der Waals surface area (Å²) in [5, 5.41) is 0. The van der Waals surface area contributed by atoms with Gasteiger partial charge in [0, 0.05) is 12.1 Å².